The number of nitrogens with one attached hydrogen (secondary N) is 1. The van der Waals surface area contributed by atoms with Crippen LogP contribution in [0.4, 0.5) is 0 Å². The van der Waals surface area contributed by atoms with Gasteiger partial charge in [-0.05, 0) is 19.9 Å². The van der Waals surface area contributed by atoms with Crippen LogP contribution in [0, 0.1) is 13.8 Å². The molecule has 23 heavy (non-hydrogen) atoms. The summed E-state index contributed by atoms with van der Waals surface area (Å²) in [7, 11) is 0. The fourth-order valence-electron chi connectivity index (χ4n) is 2.35. The lowest BCUT2D eigenvalue weighted by Gasteiger charge is -2.05. The zero-order valence-electron chi connectivity index (χ0n) is 13.1. The van der Waals surface area contributed by atoms with Crippen LogP contribution in [0.2, 0.25) is 0 Å². The highest BCUT2D eigenvalue weighted by atomic mass is 16.5. The summed E-state index contributed by atoms with van der Waals surface area (Å²) in [6.07, 6.45) is 7.27. The quantitative estimate of drug-likeness (QED) is 0.753. The number of aromatic nitrogens is 3. The number of carbonyl (C=O) groups excluding carboxylic acids is 1. The number of rotatable bonds is 6. The van der Waals surface area contributed by atoms with E-state index in [9.17, 15) is 4.79 Å². The van der Waals surface area contributed by atoms with E-state index >= 15 is 0 Å². The molecule has 0 bridgehead atoms. The van der Waals surface area contributed by atoms with Crippen molar-refractivity contribution in [3.8, 4) is 11.1 Å². The third-order valence-corrected chi connectivity index (χ3v) is 3.67. The number of furan rings is 1. The minimum absolute atomic E-state index is 0.0541. The van der Waals surface area contributed by atoms with E-state index in [0.29, 0.717) is 18.8 Å². The van der Waals surface area contributed by atoms with Crippen molar-refractivity contribution in [2.75, 3.05) is 6.54 Å². The molecule has 3 aromatic heterocycles. The Bertz CT molecular complexity index is 767. The fraction of sp³-hybridized carbons (Fsp3) is 0.312. The van der Waals surface area contributed by atoms with Crippen molar-refractivity contribution >= 4 is 5.91 Å². The summed E-state index contributed by atoms with van der Waals surface area (Å²) in [6, 6.07) is 1.88. The van der Waals surface area contributed by atoms with E-state index in [2.05, 4.69) is 15.6 Å². The third-order valence-electron chi connectivity index (χ3n) is 3.67. The summed E-state index contributed by atoms with van der Waals surface area (Å²) in [5.74, 6) is 0.635. The Hall–Kier alpha value is -2.83. The number of amides is 1. The first-order chi connectivity index (χ1) is 11.1. The highest BCUT2D eigenvalue weighted by Gasteiger charge is 2.13. The molecule has 0 spiro atoms. The van der Waals surface area contributed by atoms with E-state index in [1.54, 1.807) is 23.4 Å². The maximum absolute atomic E-state index is 12.0. The summed E-state index contributed by atoms with van der Waals surface area (Å²) >= 11 is 0. The van der Waals surface area contributed by atoms with Gasteiger partial charge in [-0.3, -0.25) is 9.48 Å². The Morgan fingerprint density at radius 3 is 2.91 bits per heavy atom. The van der Waals surface area contributed by atoms with Crippen molar-refractivity contribution in [3.63, 3.8) is 0 Å². The lowest BCUT2D eigenvalue weighted by Crippen LogP contribution is -2.29. The van der Waals surface area contributed by atoms with E-state index in [1.165, 1.54) is 0 Å². The molecule has 0 fully saturated rings. The molecule has 7 heteroatoms. The zero-order valence-corrected chi connectivity index (χ0v) is 13.1. The molecule has 0 aliphatic carbocycles. The van der Waals surface area contributed by atoms with Crippen LogP contribution < -0.4 is 5.32 Å². The minimum Gasteiger partial charge on any atom is -0.472 e. The largest absolute Gasteiger partial charge is 0.472 e. The first-order valence-corrected chi connectivity index (χ1v) is 7.37. The van der Waals surface area contributed by atoms with E-state index in [1.807, 2.05) is 26.1 Å². The van der Waals surface area contributed by atoms with Gasteiger partial charge in [0.25, 0.3) is 0 Å². The molecule has 0 aliphatic rings. The van der Waals surface area contributed by atoms with Crippen LogP contribution in [0.5, 0.6) is 0 Å². The molecule has 0 saturated carbocycles. The smallest absolute Gasteiger partial charge is 0.224 e. The van der Waals surface area contributed by atoms with Gasteiger partial charge in [-0.15, -0.1) is 0 Å². The standard InChI is InChI=1S/C16H18N4O3/c1-11-15(12(2)23-19-11)7-16(21)17-4-5-20-9-14(8-18-20)13-3-6-22-10-13/h3,6,8-10H,4-5,7H2,1-2H3,(H,17,21). The molecule has 7 nitrogen and oxygen atoms in total. The van der Waals surface area contributed by atoms with Crippen molar-refractivity contribution in [1.82, 2.24) is 20.3 Å². The van der Waals surface area contributed by atoms with Gasteiger partial charge in [0.05, 0.1) is 37.4 Å². The van der Waals surface area contributed by atoms with Gasteiger partial charge in [0.2, 0.25) is 5.91 Å². The van der Waals surface area contributed by atoms with Crippen molar-refractivity contribution in [2.24, 2.45) is 0 Å². The van der Waals surface area contributed by atoms with Crippen molar-refractivity contribution in [2.45, 2.75) is 26.8 Å². The van der Waals surface area contributed by atoms with Gasteiger partial charge in [-0.25, -0.2) is 0 Å². The molecule has 120 valence electrons. The maximum Gasteiger partial charge on any atom is 0.224 e. The molecule has 1 amide bonds. The van der Waals surface area contributed by atoms with Gasteiger partial charge >= 0.3 is 0 Å². The van der Waals surface area contributed by atoms with Crippen LogP contribution in [0.25, 0.3) is 11.1 Å². The van der Waals surface area contributed by atoms with Crippen LogP contribution in [-0.4, -0.2) is 27.4 Å². The second kappa shape index (κ2) is 6.51. The average Bonchev–Trinajstić information content (AvgIpc) is 3.25. The Balaban J connectivity index is 1.49. The number of carbonyl (C=O) groups is 1. The summed E-state index contributed by atoms with van der Waals surface area (Å²) in [6.45, 7) is 4.75. The molecule has 0 aromatic carbocycles. The van der Waals surface area contributed by atoms with Gasteiger partial charge in [-0.1, -0.05) is 5.16 Å². The van der Waals surface area contributed by atoms with Crippen molar-refractivity contribution in [3.05, 3.63) is 48.0 Å². The Morgan fingerprint density at radius 2 is 2.22 bits per heavy atom. The molecule has 3 rings (SSSR count). The number of aryl methyl sites for hydroxylation is 2. The fourth-order valence-corrected chi connectivity index (χ4v) is 2.35. The highest BCUT2D eigenvalue weighted by molar-refractivity contribution is 5.78. The molecular weight excluding hydrogens is 296 g/mol. The maximum atomic E-state index is 12.0. The molecule has 0 saturated heterocycles. The molecule has 0 radical (unpaired) electrons. The van der Waals surface area contributed by atoms with E-state index in [-0.39, 0.29) is 12.3 Å². The first kappa shape index (κ1) is 15.1. The monoisotopic (exact) mass is 314 g/mol. The second-order valence-electron chi connectivity index (χ2n) is 5.33. The first-order valence-electron chi connectivity index (χ1n) is 7.37. The van der Waals surface area contributed by atoms with Gasteiger partial charge in [0, 0.05) is 29.4 Å². The lowest BCUT2D eigenvalue weighted by atomic mass is 10.1. The summed E-state index contributed by atoms with van der Waals surface area (Å²) < 4.78 is 11.9. The lowest BCUT2D eigenvalue weighted by molar-refractivity contribution is -0.120. The molecule has 3 aromatic rings. The van der Waals surface area contributed by atoms with Gasteiger partial charge in [0.15, 0.2) is 0 Å². The molecule has 0 aliphatic heterocycles. The molecule has 1 N–H and O–H groups in total. The Labute approximate surface area is 133 Å². The van der Waals surface area contributed by atoms with Crippen molar-refractivity contribution in [1.29, 1.82) is 0 Å². The Morgan fingerprint density at radius 1 is 1.35 bits per heavy atom. The number of hydrogen-bond donors (Lipinski definition) is 1. The molecule has 0 atom stereocenters. The Kier molecular flexibility index (Phi) is 4.27. The van der Waals surface area contributed by atoms with Gasteiger partial charge < -0.3 is 14.3 Å². The summed E-state index contributed by atoms with van der Waals surface area (Å²) in [4.78, 5) is 12.0. The highest BCUT2D eigenvalue weighted by Crippen LogP contribution is 2.18. The van der Waals surface area contributed by atoms with E-state index < -0.39 is 0 Å². The van der Waals surface area contributed by atoms with Crippen molar-refractivity contribution < 1.29 is 13.7 Å². The van der Waals surface area contributed by atoms with E-state index in [4.69, 9.17) is 8.94 Å². The molecule has 3 heterocycles. The second-order valence-corrected chi connectivity index (χ2v) is 5.33. The summed E-state index contributed by atoms with van der Waals surface area (Å²) in [5, 5.41) is 11.0. The van der Waals surface area contributed by atoms with Gasteiger partial charge in [-0.2, -0.15) is 5.10 Å². The number of hydrogen-bond acceptors (Lipinski definition) is 5. The predicted octanol–water partition coefficient (Wildman–Crippen LogP) is 2.11. The summed E-state index contributed by atoms with van der Waals surface area (Å²) in [5.41, 5.74) is 3.58. The third kappa shape index (κ3) is 3.50. The molecular formula is C16H18N4O3. The average molecular weight is 314 g/mol. The van der Waals surface area contributed by atoms with E-state index in [0.717, 1.165) is 22.4 Å². The van der Waals surface area contributed by atoms with Gasteiger partial charge in [0.1, 0.15) is 5.76 Å². The van der Waals surface area contributed by atoms with Crippen LogP contribution in [0.3, 0.4) is 0 Å². The number of nitrogens with zero attached hydrogens (tertiary/aromatic N) is 3. The molecule has 0 unspecified atom stereocenters. The van der Waals surface area contributed by atoms with Crippen LogP contribution in [-0.2, 0) is 17.8 Å². The van der Waals surface area contributed by atoms with Crippen LogP contribution in [0.15, 0.2) is 39.9 Å². The topological polar surface area (TPSA) is 86.1 Å². The predicted molar refractivity (Wildman–Crippen MR) is 82.6 cm³/mol. The normalized spacial score (nSPS) is 10.9. The SMILES string of the molecule is Cc1noc(C)c1CC(=O)NCCn1cc(-c2ccoc2)cn1. The minimum atomic E-state index is -0.0541. The van der Waals surface area contributed by atoms with Crippen LogP contribution >= 0.6 is 0 Å². The van der Waals surface area contributed by atoms with Crippen LogP contribution in [0.1, 0.15) is 17.0 Å². The zero-order chi connectivity index (χ0) is 16.2.